The number of rotatable bonds is 1. The van der Waals surface area contributed by atoms with Gasteiger partial charge in [-0.05, 0) is 0 Å². The summed E-state index contributed by atoms with van der Waals surface area (Å²) >= 11 is 0. The quantitative estimate of drug-likeness (QED) is 0.475. The molecule has 64 valence electrons. The second-order valence-corrected chi connectivity index (χ2v) is 2.95. The number of alkyl halides is 1. The third-order valence-electron chi connectivity index (χ3n) is 1.98. The highest BCUT2D eigenvalue weighted by Gasteiger charge is 2.47. The Morgan fingerprint density at radius 3 is 2.36 bits per heavy atom. The molecule has 3 atom stereocenters. The molecule has 0 aliphatic heterocycles. The van der Waals surface area contributed by atoms with Crippen LogP contribution < -0.4 is 5.73 Å². The number of nitrogens with two attached hydrogens (primary N) is 1. The van der Waals surface area contributed by atoms with Crippen molar-refractivity contribution in [1.29, 1.82) is 0 Å². The van der Waals surface area contributed by atoms with Crippen molar-refractivity contribution in [3.05, 3.63) is 0 Å². The zero-order valence-corrected chi connectivity index (χ0v) is 5.83. The molecule has 5 heteroatoms. The molecule has 0 aromatic rings. The molecule has 0 aromatic heterocycles. The van der Waals surface area contributed by atoms with Crippen LogP contribution in [0.15, 0.2) is 0 Å². The number of hydrogen-bond donors (Lipinski definition) is 3. The smallest absolute Gasteiger partial charge is 0.323 e. The molecule has 0 unspecified atom stereocenters. The molecule has 0 radical (unpaired) electrons. The Kier molecular flexibility index (Phi) is 1.85. The number of halogens is 1. The summed E-state index contributed by atoms with van der Waals surface area (Å²) in [6, 6.07) is 0. The fourth-order valence-corrected chi connectivity index (χ4v) is 1.24. The van der Waals surface area contributed by atoms with Crippen LogP contribution in [0.2, 0.25) is 0 Å². The van der Waals surface area contributed by atoms with Gasteiger partial charge in [-0.1, -0.05) is 0 Å². The van der Waals surface area contributed by atoms with Gasteiger partial charge in [0, 0.05) is 12.8 Å². The molecule has 0 saturated heterocycles. The van der Waals surface area contributed by atoms with Crippen LogP contribution in [0.1, 0.15) is 12.8 Å². The van der Waals surface area contributed by atoms with E-state index < -0.39 is 23.8 Å². The van der Waals surface area contributed by atoms with Crippen molar-refractivity contribution in [2.24, 2.45) is 5.73 Å². The Bertz CT molecular complexity index is 175. The van der Waals surface area contributed by atoms with Gasteiger partial charge in [0.05, 0.1) is 6.10 Å². The van der Waals surface area contributed by atoms with E-state index in [4.69, 9.17) is 15.9 Å². The Labute approximate surface area is 62.8 Å². The predicted molar refractivity (Wildman–Crippen MR) is 34.7 cm³/mol. The van der Waals surface area contributed by atoms with E-state index >= 15 is 0 Å². The van der Waals surface area contributed by atoms with Gasteiger partial charge in [-0.15, -0.1) is 0 Å². The summed E-state index contributed by atoms with van der Waals surface area (Å²) < 4.78 is 12.6. The molecule has 0 bridgehead atoms. The van der Waals surface area contributed by atoms with Crippen molar-refractivity contribution in [2.45, 2.75) is 30.7 Å². The Morgan fingerprint density at radius 2 is 2.18 bits per heavy atom. The van der Waals surface area contributed by atoms with E-state index in [9.17, 15) is 9.18 Å². The zero-order chi connectivity index (χ0) is 8.65. The normalized spacial score (nSPS) is 44.3. The lowest BCUT2D eigenvalue weighted by atomic mass is 10.00. The van der Waals surface area contributed by atoms with Crippen LogP contribution in [-0.4, -0.2) is 34.0 Å². The van der Waals surface area contributed by atoms with Crippen LogP contribution in [-0.2, 0) is 4.79 Å². The van der Waals surface area contributed by atoms with Crippen LogP contribution in [0, 0.1) is 0 Å². The molecule has 4 N–H and O–H groups in total. The summed E-state index contributed by atoms with van der Waals surface area (Å²) in [4.78, 5) is 10.4. The van der Waals surface area contributed by atoms with Gasteiger partial charge in [-0.2, -0.15) is 0 Å². The molecule has 11 heavy (non-hydrogen) atoms. The summed E-state index contributed by atoms with van der Waals surface area (Å²) in [5.74, 6) is -1.25. The van der Waals surface area contributed by atoms with Crippen LogP contribution >= 0.6 is 0 Å². The highest BCUT2D eigenvalue weighted by atomic mass is 19.1. The van der Waals surface area contributed by atoms with Gasteiger partial charge in [0.2, 0.25) is 0 Å². The first kappa shape index (κ1) is 8.42. The molecule has 1 aliphatic rings. The summed E-state index contributed by atoms with van der Waals surface area (Å²) in [5.41, 5.74) is 3.71. The average Bonchev–Trinajstić information content (AvgIpc) is 2.09. The van der Waals surface area contributed by atoms with Crippen molar-refractivity contribution in [3.63, 3.8) is 0 Å². The van der Waals surface area contributed by atoms with E-state index in [0.29, 0.717) is 0 Å². The molecule has 0 amide bonds. The minimum atomic E-state index is -1.57. The van der Waals surface area contributed by atoms with Gasteiger partial charge in [0.15, 0.2) is 0 Å². The lowest BCUT2D eigenvalue weighted by Gasteiger charge is -2.15. The molecule has 0 spiro atoms. The predicted octanol–water partition coefficient (Wildman–Crippen LogP) is -0.739. The monoisotopic (exact) mass is 163 g/mol. The van der Waals surface area contributed by atoms with E-state index in [1.807, 2.05) is 0 Å². The lowest BCUT2D eigenvalue weighted by Crippen LogP contribution is -2.46. The van der Waals surface area contributed by atoms with Crippen LogP contribution in [0.3, 0.4) is 0 Å². The maximum atomic E-state index is 12.6. The molecule has 1 aliphatic carbocycles. The number of aliphatic hydroxyl groups is 1. The maximum absolute atomic E-state index is 12.6. The van der Waals surface area contributed by atoms with Gasteiger partial charge >= 0.3 is 5.97 Å². The third kappa shape index (κ3) is 1.34. The number of carbonyl (C=O) groups is 1. The Balaban J connectivity index is 2.71. The van der Waals surface area contributed by atoms with Crippen molar-refractivity contribution in [2.75, 3.05) is 0 Å². The van der Waals surface area contributed by atoms with E-state index in [1.165, 1.54) is 0 Å². The van der Waals surface area contributed by atoms with E-state index in [0.717, 1.165) is 0 Å². The van der Waals surface area contributed by atoms with Crippen LogP contribution in [0.4, 0.5) is 4.39 Å². The number of hydrogen-bond acceptors (Lipinski definition) is 3. The molecule has 1 saturated carbocycles. The minimum Gasteiger partial charge on any atom is -0.480 e. The summed E-state index contributed by atoms with van der Waals surface area (Å²) in [6.45, 7) is 0. The van der Waals surface area contributed by atoms with Gasteiger partial charge in [0.1, 0.15) is 11.7 Å². The standard InChI is InChI=1S/C6H10FNO3/c7-3-1-6(8,5(10)11)2-4(3)9/h3-4,9H,1-2,8H2,(H,10,11)/t3-,4-,6-/m1/s1. The molecule has 0 heterocycles. The lowest BCUT2D eigenvalue weighted by molar-refractivity contribution is -0.143. The molecular weight excluding hydrogens is 153 g/mol. The fourth-order valence-electron chi connectivity index (χ4n) is 1.24. The summed E-state index contributed by atoms with van der Waals surface area (Å²) in [5, 5.41) is 17.4. The van der Waals surface area contributed by atoms with Crippen LogP contribution in [0.25, 0.3) is 0 Å². The second kappa shape index (κ2) is 2.42. The van der Waals surface area contributed by atoms with Crippen molar-refractivity contribution in [3.8, 4) is 0 Å². The number of aliphatic carboxylic acids is 1. The fraction of sp³-hybridized carbons (Fsp3) is 0.833. The van der Waals surface area contributed by atoms with Gasteiger partial charge in [-0.25, -0.2) is 4.39 Å². The molecule has 4 nitrogen and oxygen atoms in total. The number of carboxylic acid groups (broad SMARTS) is 1. The van der Waals surface area contributed by atoms with Crippen molar-refractivity contribution >= 4 is 5.97 Å². The van der Waals surface area contributed by atoms with Crippen LogP contribution in [0.5, 0.6) is 0 Å². The zero-order valence-electron chi connectivity index (χ0n) is 5.83. The Hall–Kier alpha value is -0.680. The van der Waals surface area contributed by atoms with E-state index in [1.54, 1.807) is 0 Å². The molecule has 1 rings (SSSR count). The van der Waals surface area contributed by atoms with Gasteiger partial charge < -0.3 is 15.9 Å². The number of aliphatic hydroxyl groups excluding tert-OH is 1. The van der Waals surface area contributed by atoms with E-state index in [-0.39, 0.29) is 12.8 Å². The molecule has 1 fully saturated rings. The largest absolute Gasteiger partial charge is 0.480 e. The first-order valence-corrected chi connectivity index (χ1v) is 3.30. The number of carboxylic acids is 1. The summed E-state index contributed by atoms with van der Waals surface area (Å²) in [7, 11) is 0. The average molecular weight is 163 g/mol. The highest BCUT2D eigenvalue weighted by molar-refractivity contribution is 5.79. The first-order chi connectivity index (χ1) is 4.96. The highest BCUT2D eigenvalue weighted by Crippen LogP contribution is 2.30. The molecule has 0 aromatic carbocycles. The Morgan fingerprint density at radius 1 is 1.64 bits per heavy atom. The van der Waals surface area contributed by atoms with Gasteiger partial charge in [-0.3, -0.25) is 4.79 Å². The minimum absolute atomic E-state index is 0.205. The van der Waals surface area contributed by atoms with Crippen molar-refractivity contribution < 1.29 is 19.4 Å². The maximum Gasteiger partial charge on any atom is 0.323 e. The van der Waals surface area contributed by atoms with E-state index in [2.05, 4.69) is 0 Å². The third-order valence-corrected chi connectivity index (χ3v) is 1.98. The topological polar surface area (TPSA) is 83.6 Å². The van der Waals surface area contributed by atoms with Gasteiger partial charge in [0.25, 0.3) is 0 Å². The summed E-state index contributed by atoms with van der Waals surface area (Å²) in [6.07, 6.45) is -3.24. The van der Waals surface area contributed by atoms with Crippen molar-refractivity contribution in [1.82, 2.24) is 0 Å². The second-order valence-electron chi connectivity index (χ2n) is 2.95. The molecular formula is C6H10FNO3. The SMILES string of the molecule is N[C@@]1(C(=O)O)C[C@@H](O)[C@H](F)C1. The first-order valence-electron chi connectivity index (χ1n) is 3.30.